The van der Waals surface area contributed by atoms with Crippen LogP contribution in [-0.4, -0.2) is 24.3 Å². The summed E-state index contributed by atoms with van der Waals surface area (Å²) in [6.45, 7) is 3.22. The summed E-state index contributed by atoms with van der Waals surface area (Å²) in [5.74, 6) is -1.08. The lowest BCUT2D eigenvalue weighted by Crippen LogP contribution is -2.14. The molecule has 0 spiro atoms. The molecule has 0 aromatic heterocycles. The minimum absolute atomic E-state index is 0.227. The number of carbonyl (C=O) groups is 3. The molecule has 5 nitrogen and oxygen atoms in total. The van der Waals surface area contributed by atoms with Gasteiger partial charge in [-0.2, -0.15) is 0 Å². The summed E-state index contributed by atoms with van der Waals surface area (Å²) in [7, 11) is 0. The van der Waals surface area contributed by atoms with E-state index in [0.717, 1.165) is 5.57 Å². The lowest BCUT2D eigenvalue weighted by molar-refractivity contribution is -0.136. The van der Waals surface area contributed by atoms with Crippen LogP contribution in [0.2, 0.25) is 0 Å². The highest BCUT2D eigenvalue weighted by Crippen LogP contribution is 2.12. The van der Waals surface area contributed by atoms with Crippen LogP contribution in [0, 0.1) is 0 Å². The second kappa shape index (κ2) is 8.59. The van der Waals surface area contributed by atoms with Gasteiger partial charge in [-0.25, -0.2) is 4.79 Å². The number of ether oxygens (including phenoxy) is 1. The third-order valence-corrected chi connectivity index (χ3v) is 3.25. The number of nitrogens with one attached hydrogen (secondary N) is 1. The topological polar surface area (TPSA) is 72.5 Å². The Hall–Kier alpha value is -3.21. The number of Topliss-reactive ketones (excluding diaryl/α,β-unsaturated/α-hetero) is 1. The number of hydrogen-bond donors (Lipinski definition) is 1. The van der Waals surface area contributed by atoms with E-state index in [0.29, 0.717) is 16.8 Å². The Morgan fingerprint density at radius 1 is 0.920 bits per heavy atom. The highest BCUT2D eigenvalue weighted by atomic mass is 16.5. The van der Waals surface area contributed by atoms with E-state index >= 15 is 0 Å². The Bertz CT molecular complexity index is 788. The maximum Gasteiger partial charge on any atom is 0.331 e. The van der Waals surface area contributed by atoms with Crippen molar-refractivity contribution in [1.82, 2.24) is 0 Å². The van der Waals surface area contributed by atoms with Gasteiger partial charge < -0.3 is 10.1 Å². The fourth-order valence-corrected chi connectivity index (χ4v) is 2.03. The van der Waals surface area contributed by atoms with Gasteiger partial charge in [-0.15, -0.1) is 0 Å². The van der Waals surface area contributed by atoms with Crippen molar-refractivity contribution in [1.29, 1.82) is 0 Å². The van der Waals surface area contributed by atoms with Crippen molar-refractivity contribution in [2.75, 3.05) is 11.9 Å². The van der Waals surface area contributed by atoms with Gasteiger partial charge >= 0.3 is 5.97 Å². The molecule has 2 aromatic rings. The Labute approximate surface area is 146 Å². The number of esters is 1. The first-order valence-corrected chi connectivity index (χ1v) is 7.77. The first-order valence-electron chi connectivity index (χ1n) is 7.77. The fourth-order valence-electron chi connectivity index (χ4n) is 2.03. The summed E-state index contributed by atoms with van der Waals surface area (Å²) in [5.41, 5.74) is 2.33. The van der Waals surface area contributed by atoms with Crippen molar-refractivity contribution in [2.24, 2.45) is 0 Å². The zero-order valence-corrected chi connectivity index (χ0v) is 14.1. The van der Waals surface area contributed by atoms with Gasteiger partial charge in [0.1, 0.15) is 0 Å². The number of hydrogen-bond acceptors (Lipinski definition) is 4. The molecule has 25 heavy (non-hydrogen) atoms. The highest BCUT2D eigenvalue weighted by molar-refractivity contribution is 6.04. The zero-order valence-electron chi connectivity index (χ0n) is 14.1. The van der Waals surface area contributed by atoms with Gasteiger partial charge in [-0.3, -0.25) is 9.59 Å². The first-order chi connectivity index (χ1) is 12.0. The molecule has 0 aliphatic rings. The molecule has 1 amide bonds. The van der Waals surface area contributed by atoms with Crippen LogP contribution in [0.15, 0.2) is 66.2 Å². The average molecular weight is 337 g/mol. The van der Waals surface area contributed by atoms with Crippen LogP contribution in [-0.2, 0) is 9.53 Å². The third-order valence-electron chi connectivity index (χ3n) is 3.25. The van der Waals surface area contributed by atoms with Crippen LogP contribution in [0.3, 0.4) is 0 Å². The van der Waals surface area contributed by atoms with E-state index in [1.165, 1.54) is 6.08 Å². The maximum absolute atomic E-state index is 12.1. The molecule has 2 rings (SSSR count). The van der Waals surface area contributed by atoms with Gasteiger partial charge in [-0.1, -0.05) is 23.8 Å². The molecular formula is C20H19NO4. The molecular weight excluding hydrogens is 318 g/mol. The number of amides is 1. The molecule has 0 atom stereocenters. The minimum atomic E-state index is -0.542. The van der Waals surface area contributed by atoms with Crippen molar-refractivity contribution < 1.29 is 19.1 Å². The highest BCUT2D eigenvalue weighted by Gasteiger charge is 2.10. The molecule has 0 saturated heterocycles. The third kappa shape index (κ3) is 5.73. The summed E-state index contributed by atoms with van der Waals surface area (Å²) in [5, 5.41) is 2.75. The molecule has 0 radical (unpaired) electrons. The molecule has 0 heterocycles. The van der Waals surface area contributed by atoms with Gasteiger partial charge in [-0.05, 0) is 50.2 Å². The van der Waals surface area contributed by atoms with Gasteiger partial charge in [0.25, 0.3) is 5.91 Å². The van der Waals surface area contributed by atoms with Gasteiger partial charge in [0.05, 0.1) is 0 Å². The minimum Gasteiger partial charge on any atom is -0.454 e. The molecule has 0 aliphatic heterocycles. The van der Waals surface area contributed by atoms with Crippen molar-refractivity contribution in [3.05, 3.63) is 77.4 Å². The predicted molar refractivity (Wildman–Crippen MR) is 95.6 cm³/mol. The Balaban J connectivity index is 1.93. The molecule has 0 aliphatic carbocycles. The first kappa shape index (κ1) is 18.1. The van der Waals surface area contributed by atoms with Crippen LogP contribution in [0.4, 0.5) is 5.69 Å². The van der Waals surface area contributed by atoms with Crippen molar-refractivity contribution >= 4 is 23.3 Å². The zero-order chi connectivity index (χ0) is 18.2. The van der Waals surface area contributed by atoms with Crippen LogP contribution in [0.25, 0.3) is 0 Å². The molecule has 0 saturated carbocycles. The monoisotopic (exact) mass is 337 g/mol. The number of anilines is 1. The number of allylic oxidation sites excluding steroid dienone is 1. The number of benzene rings is 2. The van der Waals surface area contributed by atoms with E-state index < -0.39 is 5.97 Å². The van der Waals surface area contributed by atoms with Gasteiger partial charge in [0.2, 0.25) is 0 Å². The molecule has 5 heteroatoms. The number of rotatable bonds is 6. The van der Waals surface area contributed by atoms with E-state index in [1.54, 1.807) is 62.4 Å². The molecule has 2 aromatic carbocycles. The van der Waals surface area contributed by atoms with E-state index in [9.17, 15) is 14.4 Å². The van der Waals surface area contributed by atoms with E-state index in [4.69, 9.17) is 4.74 Å². The van der Waals surface area contributed by atoms with E-state index in [2.05, 4.69) is 5.32 Å². The van der Waals surface area contributed by atoms with Crippen molar-refractivity contribution in [3.8, 4) is 0 Å². The second-order valence-corrected chi connectivity index (χ2v) is 5.65. The van der Waals surface area contributed by atoms with Crippen molar-refractivity contribution in [3.63, 3.8) is 0 Å². The summed E-state index contributed by atoms with van der Waals surface area (Å²) >= 11 is 0. The SMILES string of the molecule is CC(C)=CC(=O)OCC(=O)c1ccc(NC(=O)c2ccccc2)cc1. The van der Waals surface area contributed by atoms with Crippen LogP contribution >= 0.6 is 0 Å². The number of carbonyl (C=O) groups excluding carboxylic acids is 3. The maximum atomic E-state index is 12.1. The summed E-state index contributed by atoms with van der Waals surface area (Å²) in [6, 6.07) is 15.3. The average Bonchev–Trinajstić information content (AvgIpc) is 2.60. The molecule has 0 fully saturated rings. The number of ketones is 1. The Kier molecular flexibility index (Phi) is 6.23. The Morgan fingerprint density at radius 2 is 1.56 bits per heavy atom. The molecule has 1 N–H and O–H groups in total. The normalized spacial score (nSPS) is 9.84. The largest absolute Gasteiger partial charge is 0.454 e. The molecule has 0 unspecified atom stereocenters. The van der Waals surface area contributed by atoms with Crippen molar-refractivity contribution in [2.45, 2.75) is 13.8 Å². The summed E-state index contributed by atoms with van der Waals surface area (Å²) < 4.78 is 4.89. The predicted octanol–water partition coefficient (Wildman–Crippen LogP) is 3.63. The fraction of sp³-hybridized carbons (Fsp3) is 0.150. The standard InChI is InChI=1S/C20H19NO4/c1-14(2)12-19(23)25-13-18(22)15-8-10-17(11-9-15)21-20(24)16-6-4-3-5-7-16/h3-12H,13H2,1-2H3,(H,21,24). The van der Waals surface area contributed by atoms with Crippen LogP contribution in [0.5, 0.6) is 0 Å². The van der Waals surface area contributed by atoms with Crippen LogP contribution < -0.4 is 5.32 Å². The smallest absolute Gasteiger partial charge is 0.331 e. The lowest BCUT2D eigenvalue weighted by atomic mass is 10.1. The second-order valence-electron chi connectivity index (χ2n) is 5.65. The summed E-state index contributed by atoms with van der Waals surface area (Å²) in [6.07, 6.45) is 1.33. The molecule has 128 valence electrons. The van der Waals surface area contributed by atoms with Gasteiger partial charge in [0.15, 0.2) is 12.4 Å². The summed E-state index contributed by atoms with van der Waals surface area (Å²) in [4.78, 5) is 35.5. The lowest BCUT2D eigenvalue weighted by Gasteiger charge is -2.07. The van der Waals surface area contributed by atoms with E-state index in [1.807, 2.05) is 6.07 Å². The van der Waals surface area contributed by atoms with E-state index in [-0.39, 0.29) is 18.3 Å². The quantitative estimate of drug-likeness (QED) is 0.496. The van der Waals surface area contributed by atoms with Gasteiger partial charge in [0, 0.05) is 22.9 Å². The molecule has 0 bridgehead atoms. The Morgan fingerprint density at radius 3 is 2.16 bits per heavy atom. The van der Waals surface area contributed by atoms with Crippen LogP contribution in [0.1, 0.15) is 34.6 Å².